The van der Waals surface area contributed by atoms with Crippen molar-refractivity contribution in [2.75, 3.05) is 6.61 Å². The standard InChI is InChI=1S/C17H17N3O2/c1-12-19-15-8-7-13(9-16(15)20-12)10-18-17(21)11-22-14-5-3-2-4-6-14/h2-9H,10-11H2,1H3,(H,18,21)(H,19,20). The van der Waals surface area contributed by atoms with Crippen molar-refractivity contribution in [3.63, 3.8) is 0 Å². The predicted octanol–water partition coefficient (Wildman–Crippen LogP) is 2.57. The van der Waals surface area contributed by atoms with Crippen molar-refractivity contribution < 1.29 is 9.53 Å². The molecule has 2 N–H and O–H groups in total. The Hall–Kier alpha value is -2.82. The highest BCUT2D eigenvalue weighted by molar-refractivity contribution is 5.78. The van der Waals surface area contributed by atoms with Crippen LogP contribution in [-0.4, -0.2) is 22.5 Å². The summed E-state index contributed by atoms with van der Waals surface area (Å²) < 4.78 is 5.40. The van der Waals surface area contributed by atoms with Crippen LogP contribution in [0.2, 0.25) is 0 Å². The van der Waals surface area contributed by atoms with E-state index in [2.05, 4.69) is 15.3 Å². The van der Waals surface area contributed by atoms with Crippen LogP contribution in [0.15, 0.2) is 48.5 Å². The SMILES string of the molecule is Cc1nc2ccc(CNC(=O)COc3ccccc3)cc2[nH]1. The van der Waals surface area contributed by atoms with Crippen LogP contribution in [0.3, 0.4) is 0 Å². The van der Waals surface area contributed by atoms with Crippen molar-refractivity contribution in [2.45, 2.75) is 13.5 Å². The minimum atomic E-state index is -0.148. The number of carbonyl (C=O) groups excluding carboxylic acids is 1. The van der Waals surface area contributed by atoms with Gasteiger partial charge in [-0.05, 0) is 36.8 Å². The van der Waals surface area contributed by atoms with Gasteiger partial charge in [0.1, 0.15) is 11.6 Å². The first-order chi connectivity index (χ1) is 10.7. The van der Waals surface area contributed by atoms with E-state index in [4.69, 9.17) is 4.74 Å². The Kier molecular flexibility index (Phi) is 4.05. The van der Waals surface area contributed by atoms with E-state index in [1.807, 2.05) is 55.5 Å². The molecule has 1 aromatic heterocycles. The van der Waals surface area contributed by atoms with Gasteiger partial charge in [0.2, 0.25) is 0 Å². The average molecular weight is 295 g/mol. The fourth-order valence-corrected chi connectivity index (χ4v) is 2.21. The topological polar surface area (TPSA) is 67.0 Å². The van der Waals surface area contributed by atoms with Crippen molar-refractivity contribution in [3.8, 4) is 5.75 Å². The largest absolute Gasteiger partial charge is 0.484 e. The van der Waals surface area contributed by atoms with E-state index in [1.54, 1.807) is 0 Å². The highest BCUT2D eigenvalue weighted by Crippen LogP contribution is 2.13. The molecule has 0 atom stereocenters. The molecule has 0 bridgehead atoms. The molecule has 0 aliphatic carbocycles. The summed E-state index contributed by atoms with van der Waals surface area (Å²) in [5, 5.41) is 2.84. The summed E-state index contributed by atoms with van der Waals surface area (Å²) >= 11 is 0. The number of carbonyl (C=O) groups is 1. The molecule has 22 heavy (non-hydrogen) atoms. The van der Waals surface area contributed by atoms with E-state index in [1.165, 1.54) is 0 Å². The van der Waals surface area contributed by atoms with Crippen LogP contribution >= 0.6 is 0 Å². The second-order valence-electron chi connectivity index (χ2n) is 5.05. The number of hydrogen-bond donors (Lipinski definition) is 2. The molecule has 0 saturated heterocycles. The maximum Gasteiger partial charge on any atom is 0.258 e. The van der Waals surface area contributed by atoms with Gasteiger partial charge in [0.25, 0.3) is 5.91 Å². The number of benzene rings is 2. The lowest BCUT2D eigenvalue weighted by atomic mass is 10.2. The van der Waals surface area contributed by atoms with E-state index in [9.17, 15) is 4.79 Å². The van der Waals surface area contributed by atoms with Crippen LogP contribution in [-0.2, 0) is 11.3 Å². The van der Waals surface area contributed by atoms with Gasteiger partial charge in [0, 0.05) is 6.54 Å². The minimum absolute atomic E-state index is 0.00935. The Balaban J connectivity index is 1.53. The Morgan fingerprint density at radius 3 is 2.86 bits per heavy atom. The van der Waals surface area contributed by atoms with Crippen molar-refractivity contribution in [2.24, 2.45) is 0 Å². The molecule has 1 heterocycles. The summed E-state index contributed by atoms with van der Waals surface area (Å²) in [6.07, 6.45) is 0. The Bertz CT molecular complexity index is 781. The number of fused-ring (bicyclic) bond motifs is 1. The second kappa shape index (κ2) is 6.30. The molecule has 0 aliphatic heterocycles. The van der Waals surface area contributed by atoms with Crippen molar-refractivity contribution >= 4 is 16.9 Å². The normalized spacial score (nSPS) is 10.6. The highest BCUT2D eigenvalue weighted by Gasteiger charge is 2.04. The third-order valence-electron chi connectivity index (χ3n) is 3.27. The summed E-state index contributed by atoms with van der Waals surface area (Å²) in [5.74, 6) is 1.42. The zero-order valence-corrected chi connectivity index (χ0v) is 12.3. The number of ether oxygens (including phenoxy) is 1. The van der Waals surface area contributed by atoms with Crippen LogP contribution in [0.25, 0.3) is 11.0 Å². The van der Waals surface area contributed by atoms with Gasteiger partial charge in [0.05, 0.1) is 11.0 Å². The summed E-state index contributed by atoms with van der Waals surface area (Å²) in [4.78, 5) is 19.3. The number of nitrogens with zero attached hydrogens (tertiary/aromatic N) is 1. The number of aromatic nitrogens is 2. The first kappa shape index (κ1) is 14.1. The lowest BCUT2D eigenvalue weighted by molar-refractivity contribution is -0.123. The van der Waals surface area contributed by atoms with Crippen molar-refractivity contribution in [1.82, 2.24) is 15.3 Å². The lowest BCUT2D eigenvalue weighted by Gasteiger charge is -2.07. The summed E-state index contributed by atoms with van der Waals surface area (Å²) in [6, 6.07) is 15.2. The predicted molar refractivity (Wildman–Crippen MR) is 84.6 cm³/mol. The number of rotatable bonds is 5. The van der Waals surface area contributed by atoms with Gasteiger partial charge in [-0.2, -0.15) is 0 Å². The van der Waals surface area contributed by atoms with Crippen molar-refractivity contribution in [1.29, 1.82) is 0 Å². The number of aromatic amines is 1. The molecule has 0 fully saturated rings. The van der Waals surface area contributed by atoms with Gasteiger partial charge in [0.15, 0.2) is 6.61 Å². The molecule has 5 heteroatoms. The zero-order chi connectivity index (χ0) is 15.4. The Labute approximate surface area is 128 Å². The Morgan fingerprint density at radius 2 is 2.05 bits per heavy atom. The molecule has 1 amide bonds. The third-order valence-corrected chi connectivity index (χ3v) is 3.27. The fourth-order valence-electron chi connectivity index (χ4n) is 2.21. The minimum Gasteiger partial charge on any atom is -0.484 e. The maximum atomic E-state index is 11.8. The molecule has 3 aromatic rings. The van der Waals surface area contributed by atoms with E-state index in [-0.39, 0.29) is 12.5 Å². The first-order valence-electron chi connectivity index (χ1n) is 7.10. The number of nitrogens with one attached hydrogen (secondary N) is 2. The average Bonchev–Trinajstić information content (AvgIpc) is 2.91. The smallest absolute Gasteiger partial charge is 0.258 e. The highest BCUT2D eigenvalue weighted by atomic mass is 16.5. The van der Waals surface area contributed by atoms with Gasteiger partial charge in [-0.3, -0.25) is 4.79 Å². The molecule has 0 spiro atoms. The number of para-hydroxylation sites is 1. The Morgan fingerprint density at radius 1 is 1.23 bits per heavy atom. The van der Waals surface area contributed by atoms with Crippen LogP contribution in [0, 0.1) is 6.92 Å². The first-order valence-corrected chi connectivity index (χ1v) is 7.10. The van der Waals surface area contributed by atoms with Gasteiger partial charge in [-0.1, -0.05) is 24.3 Å². The van der Waals surface area contributed by atoms with E-state index < -0.39 is 0 Å². The monoisotopic (exact) mass is 295 g/mol. The molecule has 0 saturated carbocycles. The number of imidazole rings is 1. The molecule has 3 rings (SSSR count). The van der Waals surface area contributed by atoms with Gasteiger partial charge >= 0.3 is 0 Å². The molecule has 0 unspecified atom stereocenters. The van der Waals surface area contributed by atoms with Crippen LogP contribution in [0.5, 0.6) is 5.75 Å². The van der Waals surface area contributed by atoms with Gasteiger partial charge < -0.3 is 15.0 Å². The zero-order valence-electron chi connectivity index (χ0n) is 12.3. The number of hydrogen-bond acceptors (Lipinski definition) is 3. The number of H-pyrrole nitrogens is 1. The van der Waals surface area contributed by atoms with E-state index in [0.29, 0.717) is 12.3 Å². The molecule has 5 nitrogen and oxygen atoms in total. The molecular weight excluding hydrogens is 278 g/mol. The van der Waals surface area contributed by atoms with Crippen LogP contribution in [0.1, 0.15) is 11.4 Å². The molecular formula is C17H17N3O2. The van der Waals surface area contributed by atoms with Crippen LogP contribution < -0.4 is 10.1 Å². The summed E-state index contributed by atoms with van der Waals surface area (Å²) in [7, 11) is 0. The van der Waals surface area contributed by atoms with Gasteiger partial charge in [-0.15, -0.1) is 0 Å². The molecule has 0 radical (unpaired) electrons. The molecule has 0 aliphatic rings. The lowest BCUT2D eigenvalue weighted by Crippen LogP contribution is -2.28. The molecule has 2 aromatic carbocycles. The maximum absolute atomic E-state index is 11.8. The number of aryl methyl sites for hydroxylation is 1. The number of amides is 1. The van der Waals surface area contributed by atoms with Gasteiger partial charge in [-0.25, -0.2) is 4.98 Å². The summed E-state index contributed by atoms with van der Waals surface area (Å²) in [5.41, 5.74) is 2.92. The summed E-state index contributed by atoms with van der Waals surface area (Å²) in [6.45, 7) is 2.39. The quantitative estimate of drug-likeness (QED) is 0.760. The van der Waals surface area contributed by atoms with Crippen LogP contribution in [0.4, 0.5) is 0 Å². The third kappa shape index (κ3) is 3.44. The van der Waals surface area contributed by atoms with E-state index in [0.717, 1.165) is 22.4 Å². The van der Waals surface area contributed by atoms with Crippen molar-refractivity contribution in [3.05, 3.63) is 59.9 Å². The van der Waals surface area contributed by atoms with E-state index >= 15 is 0 Å². The fraction of sp³-hybridized carbons (Fsp3) is 0.176. The second-order valence-corrected chi connectivity index (χ2v) is 5.05. The molecule has 112 valence electrons.